The molecule has 3 N–H and O–H groups in total. The number of hydrogen-bond donors (Lipinski definition) is 2. The van der Waals surface area contributed by atoms with E-state index in [1.807, 2.05) is 48.5 Å². The number of fused-ring (bicyclic) bond motifs is 1. The molecule has 0 spiro atoms. The van der Waals surface area contributed by atoms with Crippen molar-refractivity contribution >= 4 is 0 Å². The molecule has 36 heavy (non-hydrogen) atoms. The standard InChI is InChI=1S/C27H19F3N4O2/c28-27(29,30)19-10-6-17(7-11-19)22-21(14-31)25(32)36-26-23(22)24(33-34-26)18-8-12-20(13-9-18)35-15-16-4-2-1-3-5-16/h1-13,22H,15,32H2,(H,33,34)/t22-/m1/s1. The number of aromatic nitrogens is 2. The highest BCUT2D eigenvalue weighted by Gasteiger charge is 2.36. The van der Waals surface area contributed by atoms with Crippen LogP contribution < -0.4 is 15.2 Å². The first-order valence-electron chi connectivity index (χ1n) is 11.0. The Morgan fingerprint density at radius 2 is 1.69 bits per heavy atom. The average Bonchev–Trinajstić information content (AvgIpc) is 3.30. The smallest absolute Gasteiger partial charge is 0.416 e. The fourth-order valence-electron chi connectivity index (χ4n) is 4.12. The molecule has 0 saturated carbocycles. The van der Waals surface area contributed by atoms with Crippen LogP contribution in [0.2, 0.25) is 0 Å². The van der Waals surface area contributed by atoms with Crippen LogP contribution in [0, 0.1) is 11.3 Å². The maximum atomic E-state index is 13.1. The molecule has 1 aliphatic rings. The van der Waals surface area contributed by atoms with Crippen molar-refractivity contribution in [3.63, 3.8) is 0 Å². The maximum absolute atomic E-state index is 13.1. The van der Waals surface area contributed by atoms with Gasteiger partial charge >= 0.3 is 6.18 Å². The summed E-state index contributed by atoms with van der Waals surface area (Å²) in [6.45, 7) is 0.416. The quantitative estimate of drug-likeness (QED) is 0.365. The van der Waals surface area contributed by atoms with Crippen molar-refractivity contribution in [2.24, 2.45) is 5.73 Å². The van der Waals surface area contributed by atoms with Gasteiger partial charge in [-0.2, -0.15) is 18.4 Å². The number of hydrogen-bond acceptors (Lipinski definition) is 5. The van der Waals surface area contributed by atoms with Crippen LogP contribution in [0.15, 0.2) is 90.3 Å². The molecule has 1 aliphatic heterocycles. The van der Waals surface area contributed by atoms with Gasteiger partial charge in [0.15, 0.2) is 0 Å². The number of allylic oxidation sites excluding steroid dienone is 1. The molecule has 9 heteroatoms. The summed E-state index contributed by atoms with van der Waals surface area (Å²) < 4.78 is 50.7. The van der Waals surface area contributed by atoms with Crippen molar-refractivity contribution < 1.29 is 22.6 Å². The molecule has 5 rings (SSSR count). The molecule has 0 bridgehead atoms. The molecule has 2 heterocycles. The second-order valence-corrected chi connectivity index (χ2v) is 8.16. The summed E-state index contributed by atoms with van der Waals surface area (Å²) in [5.41, 5.74) is 8.57. The predicted molar refractivity (Wildman–Crippen MR) is 126 cm³/mol. The molecule has 180 valence electrons. The van der Waals surface area contributed by atoms with Crippen LogP contribution in [0.5, 0.6) is 11.6 Å². The van der Waals surface area contributed by atoms with Crippen LogP contribution in [0.25, 0.3) is 11.3 Å². The van der Waals surface area contributed by atoms with E-state index in [1.165, 1.54) is 12.1 Å². The minimum atomic E-state index is -4.47. The lowest BCUT2D eigenvalue weighted by atomic mass is 9.83. The van der Waals surface area contributed by atoms with Gasteiger partial charge in [-0.15, -0.1) is 5.10 Å². The average molecular weight is 488 g/mol. The molecule has 0 fully saturated rings. The van der Waals surface area contributed by atoms with E-state index in [-0.39, 0.29) is 17.3 Å². The van der Waals surface area contributed by atoms with Gasteiger partial charge in [0.05, 0.1) is 22.7 Å². The van der Waals surface area contributed by atoms with Crippen molar-refractivity contribution in [1.29, 1.82) is 5.26 Å². The van der Waals surface area contributed by atoms with Gasteiger partial charge in [0, 0.05) is 5.56 Å². The second kappa shape index (κ2) is 9.15. The number of nitrogens with two attached hydrogens (primary N) is 1. The zero-order chi connectivity index (χ0) is 25.3. The van der Waals surface area contributed by atoms with Crippen molar-refractivity contribution in [3.8, 4) is 29.0 Å². The van der Waals surface area contributed by atoms with E-state index >= 15 is 0 Å². The monoisotopic (exact) mass is 488 g/mol. The third-order valence-corrected chi connectivity index (χ3v) is 5.90. The first kappa shape index (κ1) is 23.1. The molecule has 1 aromatic heterocycles. The van der Waals surface area contributed by atoms with E-state index < -0.39 is 17.7 Å². The van der Waals surface area contributed by atoms with Crippen LogP contribution in [0.3, 0.4) is 0 Å². The van der Waals surface area contributed by atoms with Gasteiger partial charge in [0.1, 0.15) is 24.0 Å². The molecule has 0 radical (unpaired) electrons. The summed E-state index contributed by atoms with van der Waals surface area (Å²) in [5.74, 6) is -0.0782. The topological polar surface area (TPSA) is 97.0 Å². The molecule has 0 aliphatic carbocycles. The number of benzene rings is 3. The van der Waals surface area contributed by atoms with E-state index in [9.17, 15) is 18.4 Å². The van der Waals surface area contributed by atoms with Crippen molar-refractivity contribution in [2.75, 3.05) is 0 Å². The summed E-state index contributed by atoms with van der Waals surface area (Å²) >= 11 is 0. The lowest BCUT2D eigenvalue weighted by Gasteiger charge is -2.24. The minimum absolute atomic E-state index is 0.0905. The summed E-state index contributed by atoms with van der Waals surface area (Å²) in [7, 11) is 0. The summed E-state index contributed by atoms with van der Waals surface area (Å²) in [5, 5.41) is 16.9. The summed E-state index contributed by atoms with van der Waals surface area (Å²) in [4.78, 5) is 0. The number of aromatic amines is 1. The van der Waals surface area contributed by atoms with E-state index in [0.717, 1.165) is 23.3 Å². The highest BCUT2D eigenvalue weighted by molar-refractivity contribution is 5.71. The molecule has 0 unspecified atom stereocenters. The van der Waals surface area contributed by atoms with Crippen LogP contribution in [0.4, 0.5) is 13.2 Å². The molecule has 0 saturated heterocycles. The minimum Gasteiger partial charge on any atom is -0.489 e. The summed E-state index contributed by atoms with van der Waals surface area (Å²) in [6, 6.07) is 23.7. The molecular formula is C27H19F3N4O2. The van der Waals surface area contributed by atoms with Gasteiger partial charge in [-0.3, -0.25) is 5.10 Å². The molecule has 3 aromatic carbocycles. The van der Waals surface area contributed by atoms with Gasteiger partial charge < -0.3 is 15.2 Å². The highest BCUT2D eigenvalue weighted by Crippen LogP contribution is 2.46. The number of halogens is 3. The Kier molecular flexibility index (Phi) is 5.86. The Morgan fingerprint density at radius 3 is 2.33 bits per heavy atom. The Bertz CT molecular complexity index is 1450. The first-order chi connectivity index (χ1) is 17.3. The Morgan fingerprint density at radius 1 is 1.00 bits per heavy atom. The predicted octanol–water partition coefficient (Wildman–Crippen LogP) is 5.89. The lowest BCUT2D eigenvalue weighted by Crippen LogP contribution is -2.21. The maximum Gasteiger partial charge on any atom is 0.416 e. The van der Waals surface area contributed by atoms with E-state index in [1.54, 1.807) is 12.1 Å². The fraction of sp³-hybridized carbons (Fsp3) is 0.111. The Labute approximate surface area is 204 Å². The van der Waals surface area contributed by atoms with E-state index in [0.29, 0.717) is 29.2 Å². The lowest BCUT2D eigenvalue weighted by molar-refractivity contribution is -0.137. The van der Waals surface area contributed by atoms with E-state index in [4.69, 9.17) is 15.2 Å². The highest BCUT2D eigenvalue weighted by atomic mass is 19.4. The fourth-order valence-corrected chi connectivity index (χ4v) is 4.12. The summed E-state index contributed by atoms with van der Waals surface area (Å²) in [6.07, 6.45) is -4.47. The van der Waals surface area contributed by atoms with Crippen LogP contribution >= 0.6 is 0 Å². The SMILES string of the molecule is N#CC1=C(N)Oc2n[nH]c(-c3ccc(OCc4ccccc4)cc3)c2[C@@H]1c1ccc(C(F)(F)F)cc1. The third kappa shape index (κ3) is 4.36. The van der Waals surface area contributed by atoms with Gasteiger partial charge in [-0.1, -0.05) is 42.5 Å². The molecule has 6 nitrogen and oxygen atoms in total. The number of nitrogens with zero attached hydrogens (tertiary/aromatic N) is 2. The Hall–Kier alpha value is -4.71. The van der Waals surface area contributed by atoms with Crippen molar-refractivity contribution in [2.45, 2.75) is 18.7 Å². The largest absolute Gasteiger partial charge is 0.489 e. The molecule has 1 atom stereocenters. The van der Waals surface area contributed by atoms with Crippen LogP contribution in [-0.4, -0.2) is 10.2 Å². The number of nitrogens with one attached hydrogen (secondary N) is 1. The molecule has 4 aromatic rings. The van der Waals surface area contributed by atoms with Crippen LogP contribution in [-0.2, 0) is 12.8 Å². The number of nitriles is 1. The second-order valence-electron chi connectivity index (χ2n) is 8.16. The number of H-pyrrole nitrogens is 1. The zero-order valence-electron chi connectivity index (χ0n) is 18.7. The zero-order valence-corrected chi connectivity index (χ0v) is 18.7. The first-order valence-corrected chi connectivity index (χ1v) is 11.0. The van der Waals surface area contributed by atoms with Gasteiger partial charge in [0.25, 0.3) is 0 Å². The van der Waals surface area contributed by atoms with Crippen LogP contribution in [0.1, 0.15) is 28.2 Å². The third-order valence-electron chi connectivity index (χ3n) is 5.90. The van der Waals surface area contributed by atoms with Gasteiger partial charge in [-0.05, 0) is 47.5 Å². The van der Waals surface area contributed by atoms with Gasteiger partial charge in [-0.25, -0.2) is 0 Å². The van der Waals surface area contributed by atoms with Crippen molar-refractivity contribution in [3.05, 3.63) is 113 Å². The number of alkyl halides is 3. The van der Waals surface area contributed by atoms with E-state index in [2.05, 4.69) is 10.2 Å². The van der Waals surface area contributed by atoms with Crippen molar-refractivity contribution in [1.82, 2.24) is 10.2 Å². The number of rotatable bonds is 5. The molecule has 0 amide bonds. The normalized spacial score (nSPS) is 15.1. The van der Waals surface area contributed by atoms with Gasteiger partial charge in [0.2, 0.25) is 11.8 Å². The Balaban J connectivity index is 1.48. The number of ether oxygens (including phenoxy) is 2. The molecular weight excluding hydrogens is 469 g/mol.